The Kier molecular flexibility index (Phi) is 3.54. The van der Waals surface area contributed by atoms with Crippen molar-refractivity contribution in [2.75, 3.05) is 0 Å². The van der Waals surface area contributed by atoms with Gasteiger partial charge in [0.05, 0.1) is 0 Å². The maximum absolute atomic E-state index is 11.8. The molecule has 1 heterocycles. The summed E-state index contributed by atoms with van der Waals surface area (Å²) in [5.41, 5.74) is 8.04. The molecule has 0 aliphatic rings. The van der Waals surface area contributed by atoms with Crippen LogP contribution in [0.5, 0.6) is 0 Å². The zero-order valence-electron chi connectivity index (χ0n) is 11.9. The predicted octanol–water partition coefficient (Wildman–Crippen LogP) is 2.40. The van der Waals surface area contributed by atoms with Crippen LogP contribution in [0.3, 0.4) is 0 Å². The van der Waals surface area contributed by atoms with E-state index in [1.807, 2.05) is 31.2 Å². The number of rotatable bonds is 3. The van der Waals surface area contributed by atoms with Gasteiger partial charge in [0.2, 0.25) is 0 Å². The molecular weight excluding hydrogens is 262 g/mol. The average Bonchev–Trinajstić information content (AvgIpc) is 2.50. The minimum absolute atomic E-state index is 0.252. The molecule has 21 heavy (non-hydrogen) atoms. The number of benzene rings is 2. The Hall–Kier alpha value is -2.46. The molecule has 0 saturated carbocycles. The molecule has 1 unspecified atom stereocenters. The van der Waals surface area contributed by atoms with Gasteiger partial charge < -0.3 is 5.73 Å². The molecule has 3 rings (SSSR count). The van der Waals surface area contributed by atoms with Gasteiger partial charge in [-0.15, -0.1) is 0 Å². The zero-order valence-corrected chi connectivity index (χ0v) is 11.9. The Bertz CT molecular complexity index is 833. The SMILES string of the molecule is Cc1cnc(=O)n(CC(N)c2cccc3ccccc23)c1. The first-order valence-electron chi connectivity index (χ1n) is 6.91. The van der Waals surface area contributed by atoms with Crippen molar-refractivity contribution in [2.45, 2.75) is 19.5 Å². The summed E-state index contributed by atoms with van der Waals surface area (Å²) in [6, 6.07) is 13.9. The molecular formula is C17H17N3O. The summed E-state index contributed by atoms with van der Waals surface area (Å²) >= 11 is 0. The summed E-state index contributed by atoms with van der Waals surface area (Å²) in [6.07, 6.45) is 3.36. The predicted molar refractivity (Wildman–Crippen MR) is 84.1 cm³/mol. The van der Waals surface area contributed by atoms with Gasteiger partial charge in [-0.1, -0.05) is 42.5 Å². The summed E-state index contributed by atoms with van der Waals surface area (Å²) in [5, 5.41) is 2.28. The van der Waals surface area contributed by atoms with Crippen LogP contribution in [-0.2, 0) is 6.54 Å². The van der Waals surface area contributed by atoms with Gasteiger partial charge in [-0.25, -0.2) is 9.78 Å². The molecule has 2 aromatic carbocycles. The summed E-state index contributed by atoms with van der Waals surface area (Å²) in [6.45, 7) is 2.33. The van der Waals surface area contributed by atoms with E-state index in [1.54, 1.807) is 17.0 Å². The fourth-order valence-electron chi connectivity index (χ4n) is 2.58. The van der Waals surface area contributed by atoms with E-state index in [0.29, 0.717) is 6.54 Å². The van der Waals surface area contributed by atoms with Gasteiger partial charge in [-0.05, 0) is 28.8 Å². The highest BCUT2D eigenvalue weighted by Gasteiger charge is 2.11. The van der Waals surface area contributed by atoms with E-state index in [4.69, 9.17) is 5.73 Å². The second kappa shape index (κ2) is 5.50. The molecule has 0 aliphatic carbocycles. The normalized spacial score (nSPS) is 12.5. The molecule has 0 saturated heterocycles. The van der Waals surface area contributed by atoms with E-state index < -0.39 is 0 Å². The fourth-order valence-corrected chi connectivity index (χ4v) is 2.58. The van der Waals surface area contributed by atoms with E-state index in [1.165, 1.54) is 0 Å². The molecule has 106 valence electrons. The summed E-state index contributed by atoms with van der Waals surface area (Å²) in [5.74, 6) is 0. The van der Waals surface area contributed by atoms with Gasteiger partial charge in [-0.2, -0.15) is 0 Å². The molecule has 0 bridgehead atoms. The maximum atomic E-state index is 11.8. The third kappa shape index (κ3) is 2.71. The van der Waals surface area contributed by atoms with Gasteiger partial charge in [-0.3, -0.25) is 4.57 Å². The number of nitrogens with zero attached hydrogens (tertiary/aromatic N) is 2. The van der Waals surface area contributed by atoms with Gasteiger partial charge >= 0.3 is 5.69 Å². The van der Waals surface area contributed by atoms with Crippen molar-refractivity contribution in [2.24, 2.45) is 5.73 Å². The lowest BCUT2D eigenvalue weighted by molar-refractivity contribution is 0.552. The van der Waals surface area contributed by atoms with Gasteiger partial charge in [0.15, 0.2) is 0 Å². The molecule has 4 nitrogen and oxygen atoms in total. The molecule has 1 aromatic heterocycles. The van der Waals surface area contributed by atoms with Crippen molar-refractivity contribution < 1.29 is 0 Å². The fraction of sp³-hybridized carbons (Fsp3) is 0.176. The Morgan fingerprint density at radius 1 is 1.19 bits per heavy atom. The standard InChI is InChI=1S/C17H17N3O/c1-12-9-19-17(21)20(10-12)11-16(18)15-8-4-6-13-5-2-3-7-14(13)15/h2-10,16H,11,18H2,1H3. The highest BCUT2D eigenvalue weighted by Crippen LogP contribution is 2.23. The number of hydrogen-bond acceptors (Lipinski definition) is 3. The summed E-state index contributed by atoms with van der Waals surface area (Å²) in [4.78, 5) is 15.6. The topological polar surface area (TPSA) is 60.9 Å². The lowest BCUT2D eigenvalue weighted by atomic mass is 9.99. The number of aryl methyl sites for hydroxylation is 1. The van der Waals surface area contributed by atoms with Gasteiger partial charge in [0, 0.05) is 25.0 Å². The second-order valence-electron chi connectivity index (χ2n) is 5.24. The first kappa shape index (κ1) is 13.5. The Labute approximate surface area is 122 Å². The largest absolute Gasteiger partial charge is 0.347 e. The van der Waals surface area contributed by atoms with Crippen molar-refractivity contribution in [1.82, 2.24) is 9.55 Å². The number of fused-ring (bicyclic) bond motifs is 1. The smallest absolute Gasteiger partial charge is 0.322 e. The van der Waals surface area contributed by atoms with Crippen LogP contribution in [0.4, 0.5) is 0 Å². The highest BCUT2D eigenvalue weighted by atomic mass is 16.1. The maximum Gasteiger partial charge on any atom is 0.347 e. The first-order chi connectivity index (χ1) is 10.1. The Balaban J connectivity index is 1.99. The minimum Gasteiger partial charge on any atom is -0.322 e. The number of aromatic nitrogens is 2. The van der Waals surface area contributed by atoms with E-state index in [-0.39, 0.29) is 11.7 Å². The lowest BCUT2D eigenvalue weighted by Crippen LogP contribution is -2.28. The van der Waals surface area contributed by atoms with Crippen LogP contribution in [0.2, 0.25) is 0 Å². The van der Waals surface area contributed by atoms with Crippen molar-refractivity contribution in [3.05, 3.63) is 76.5 Å². The molecule has 0 spiro atoms. The average molecular weight is 279 g/mol. The minimum atomic E-state index is -0.267. The zero-order chi connectivity index (χ0) is 14.8. The first-order valence-corrected chi connectivity index (χ1v) is 6.91. The van der Waals surface area contributed by atoms with Crippen LogP contribution >= 0.6 is 0 Å². The quantitative estimate of drug-likeness (QED) is 0.801. The van der Waals surface area contributed by atoms with Crippen LogP contribution in [-0.4, -0.2) is 9.55 Å². The Morgan fingerprint density at radius 2 is 1.95 bits per heavy atom. The molecule has 3 aromatic rings. The van der Waals surface area contributed by atoms with Crippen molar-refractivity contribution >= 4 is 10.8 Å². The Morgan fingerprint density at radius 3 is 2.81 bits per heavy atom. The molecule has 0 aliphatic heterocycles. The van der Waals surface area contributed by atoms with Crippen molar-refractivity contribution in [1.29, 1.82) is 0 Å². The van der Waals surface area contributed by atoms with Crippen LogP contribution in [0, 0.1) is 6.92 Å². The third-order valence-electron chi connectivity index (χ3n) is 3.60. The highest BCUT2D eigenvalue weighted by molar-refractivity contribution is 5.86. The summed E-state index contributed by atoms with van der Waals surface area (Å²) < 4.78 is 1.57. The molecule has 1 atom stereocenters. The summed E-state index contributed by atoms with van der Waals surface area (Å²) in [7, 11) is 0. The number of hydrogen-bond donors (Lipinski definition) is 1. The molecule has 0 fully saturated rings. The molecule has 0 amide bonds. The van der Waals surface area contributed by atoms with E-state index in [2.05, 4.69) is 23.2 Å². The molecule has 0 radical (unpaired) electrons. The second-order valence-corrected chi connectivity index (χ2v) is 5.24. The lowest BCUT2D eigenvalue weighted by Gasteiger charge is -2.16. The molecule has 4 heteroatoms. The van der Waals surface area contributed by atoms with Gasteiger partial charge in [0.1, 0.15) is 0 Å². The number of nitrogens with two attached hydrogens (primary N) is 1. The van der Waals surface area contributed by atoms with E-state index in [9.17, 15) is 4.79 Å². The van der Waals surface area contributed by atoms with E-state index in [0.717, 1.165) is 21.9 Å². The molecule has 2 N–H and O–H groups in total. The van der Waals surface area contributed by atoms with Gasteiger partial charge in [0.25, 0.3) is 0 Å². The van der Waals surface area contributed by atoms with Crippen molar-refractivity contribution in [3.63, 3.8) is 0 Å². The monoisotopic (exact) mass is 279 g/mol. The van der Waals surface area contributed by atoms with Crippen LogP contribution in [0.25, 0.3) is 10.8 Å². The van der Waals surface area contributed by atoms with Crippen LogP contribution in [0.15, 0.2) is 59.7 Å². The van der Waals surface area contributed by atoms with E-state index >= 15 is 0 Å². The van der Waals surface area contributed by atoms with Crippen LogP contribution < -0.4 is 11.4 Å². The third-order valence-corrected chi connectivity index (χ3v) is 3.60. The van der Waals surface area contributed by atoms with Crippen LogP contribution in [0.1, 0.15) is 17.2 Å². The van der Waals surface area contributed by atoms with Crippen molar-refractivity contribution in [3.8, 4) is 0 Å².